The molecule has 0 saturated carbocycles. The molecule has 0 aliphatic heterocycles. The summed E-state index contributed by atoms with van der Waals surface area (Å²) >= 11 is 0. The van der Waals surface area contributed by atoms with Gasteiger partial charge in [-0.1, -0.05) is 0 Å². The Bertz CT molecular complexity index is 191. The van der Waals surface area contributed by atoms with Gasteiger partial charge in [-0.25, -0.2) is 0 Å². The fraction of sp³-hybridized carbons (Fsp3) is 0.500. The van der Waals surface area contributed by atoms with Gasteiger partial charge in [-0.3, -0.25) is 10.2 Å². The summed E-state index contributed by atoms with van der Waals surface area (Å²) in [5.41, 5.74) is 1.19. The average molecular weight is 153 g/mol. The molecule has 3 heteroatoms. The molecule has 1 unspecified atom stereocenters. The summed E-state index contributed by atoms with van der Waals surface area (Å²) in [6.45, 7) is 0. The van der Waals surface area contributed by atoms with E-state index in [2.05, 4.69) is 21.3 Å². The molecule has 11 heavy (non-hydrogen) atoms. The van der Waals surface area contributed by atoms with Crippen LogP contribution in [-0.2, 0) is 0 Å². The predicted molar refractivity (Wildman–Crippen MR) is 46.3 cm³/mol. The van der Waals surface area contributed by atoms with Gasteiger partial charge < -0.3 is 4.98 Å². The molecule has 1 rings (SSSR count). The lowest BCUT2D eigenvalue weighted by Crippen LogP contribution is -2.30. The van der Waals surface area contributed by atoms with E-state index >= 15 is 0 Å². The highest BCUT2D eigenvalue weighted by Gasteiger charge is 2.10. The molecule has 0 bridgehead atoms. The summed E-state index contributed by atoms with van der Waals surface area (Å²) in [7, 11) is 6.04. The van der Waals surface area contributed by atoms with E-state index in [1.807, 2.05) is 33.4 Å². The van der Waals surface area contributed by atoms with Crippen molar-refractivity contribution in [3.8, 4) is 0 Å². The van der Waals surface area contributed by atoms with E-state index in [0.717, 1.165) is 0 Å². The van der Waals surface area contributed by atoms with Crippen molar-refractivity contribution < 1.29 is 0 Å². The first-order valence-electron chi connectivity index (χ1n) is 3.72. The highest BCUT2D eigenvalue weighted by atomic mass is 15.2. The number of rotatable bonds is 3. The van der Waals surface area contributed by atoms with Gasteiger partial charge in [0.15, 0.2) is 0 Å². The first kappa shape index (κ1) is 8.30. The van der Waals surface area contributed by atoms with Crippen LogP contribution in [0.3, 0.4) is 0 Å². The number of H-pyrrole nitrogens is 1. The minimum atomic E-state index is 0.282. The SMILES string of the molecule is CNC(c1ccc[nH]1)N(C)C. The molecule has 1 aromatic rings. The first-order chi connectivity index (χ1) is 5.25. The molecule has 1 heterocycles. The zero-order valence-corrected chi connectivity index (χ0v) is 7.26. The van der Waals surface area contributed by atoms with Crippen molar-refractivity contribution >= 4 is 0 Å². The Kier molecular flexibility index (Phi) is 2.68. The van der Waals surface area contributed by atoms with Gasteiger partial charge in [0.25, 0.3) is 0 Å². The van der Waals surface area contributed by atoms with E-state index in [1.165, 1.54) is 5.69 Å². The second-order valence-corrected chi connectivity index (χ2v) is 2.78. The molecular weight excluding hydrogens is 138 g/mol. The fourth-order valence-electron chi connectivity index (χ4n) is 1.21. The maximum absolute atomic E-state index is 3.20. The van der Waals surface area contributed by atoms with Crippen LogP contribution < -0.4 is 5.32 Å². The van der Waals surface area contributed by atoms with Gasteiger partial charge in [-0.15, -0.1) is 0 Å². The molecule has 0 aliphatic carbocycles. The first-order valence-corrected chi connectivity index (χ1v) is 3.72. The molecule has 0 aromatic carbocycles. The van der Waals surface area contributed by atoms with E-state index in [9.17, 15) is 0 Å². The Balaban J connectivity index is 2.71. The highest BCUT2D eigenvalue weighted by Crippen LogP contribution is 2.10. The van der Waals surface area contributed by atoms with Crippen LogP contribution >= 0.6 is 0 Å². The van der Waals surface area contributed by atoms with Gasteiger partial charge in [0.2, 0.25) is 0 Å². The summed E-state index contributed by atoms with van der Waals surface area (Å²) in [4.78, 5) is 5.28. The van der Waals surface area contributed by atoms with Gasteiger partial charge in [-0.2, -0.15) is 0 Å². The normalized spacial score (nSPS) is 13.8. The molecule has 0 fully saturated rings. The molecule has 0 saturated heterocycles. The maximum atomic E-state index is 3.20. The van der Waals surface area contributed by atoms with Crippen LogP contribution in [0.15, 0.2) is 18.3 Å². The van der Waals surface area contributed by atoms with Gasteiger partial charge >= 0.3 is 0 Å². The summed E-state index contributed by atoms with van der Waals surface area (Å²) in [6, 6.07) is 4.07. The lowest BCUT2D eigenvalue weighted by Gasteiger charge is -2.22. The van der Waals surface area contributed by atoms with Gasteiger partial charge in [0.05, 0.1) is 0 Å². The van der Waals surface area contributed by atoms with E-state index in [4.69, 9.17) is 0 Å². The third-order valence-electron chi connectivity index (χ3n) is 1.71. The van der Waals surface area contributed by atoms with Crippen LogP contribution in [0.2, 0.25) is 0 Å². The molecule has 0 spiro atoms. The van der Waals surface area contributed by atoms with Gasteiger partial charge in [0.1, 0.15) is 6.17 Å². The van der Waals surface area contributed by atoms with Crippen LogP contribution in [-0.4, -0.2) is 31.0 Å². The van der Waals surface area contributed by atoms with Crippen molar-refractivity contribution in [3.05, 3.63) is 24.0 Å². The van der Waals surface area contributed by atoms with Crippen LogP contribution in [0.4, 0.5) is 0 Å². The van der Waals surface area contributed by atoms with Crippen LogP contribution in [0, 0.1) is 0 Å². The number of nitrogens with zero attached hydrogens (tertiary/aromatic N) is 1. The smallest absolute Gasteiger partial charge is 0.101 e. The molecule has 1 aromatic heterocycles. The summed E-state index contributed by atoms with van der Waals surface area (Å²) in [5, 5.41) is 3.20. The molecular formula is C8H15N3. The Hall–Kier alpha value is -0.800. The lowest BCUT2D eigenvalue weighted by atomic mass is 10.3. The third-order valence-corrected chi connectivity index (χ3v) is 1.71. The largest absolute Gasteiger partial charge is 0.363 e. The molecule has 1 atom stereocenters. The summed E-state index contributed by atoms with van der Waals surface area (Å²) in [6.07, 6.45) is 2.22. The van der Waals surface area contributed by atoms with E-state index in [-0.39, 0.29) is 6.17 Å². The Morgan fingerprint density at radius 1 is 1.55 bits per heavy atom. The number of nitrogens with one attached hydrogen (secondary N) is 2. The predicted octanol–water partition coefficient (Wildman–Crippen LogP) is 0.794. The summed E-state index contributed by atoms with van der Waals surface area (Å²) < 4.78 is 0. The quantitative estimate of drug-likeness (QED) is 0.629. The Morgan fingerprint density at radius 2 is 2.27 bits per heavy atom. The monoisotopic (exact) mass is 153 g/mol. The van der Waals surface area contributed by atoms with Crippen molar-refractivity contribution in [1.29, 1.82) is 0 Å². The average Bonchev–Trinajstić information content (AvgIpc) is 2.40. The van der Waals surface area contributed by atoms with Crippen molar-refractivity contribution in [2.24, 2.45) is 0 Å². The third kappa shape index (κ3) is 1.82. The molecule has 0 aliphatic rings. The number of hydrogen-bond donors (Lipinski definition) is 2. The van der Waals surface area contributed by atoms with Crippen LogP contribution in [0.1, 0.15) is 11.9 Å². The summed E-state index contributed by atoms with van der Waals surface area (Å²) in [5.74, 6) is 0. The van der Waals surface area contributed by atoms with E-state index in [1.54, 1.807) is 0 Å². The minimum Gasteiger partial charge on any atom is -0.363 e. The minimum absolute atomic E-state index is 0.282. The fourth-order valence-corrected chi connectivity index (χ4v) is 1.21. The molecule has 0 amide bonds. The van der Waals surface area contributed by atoms with Crippen LogP contribution in [0.5, 0.6) is 0 Å². The highest BCUT2D eigenvalue weighted by molar-refractivity contribution is 5.07. The lowest BCUT2D eigenvalue weighted by molar-refractivity contribution is 0.260. The standard InChI is InChI=1S/C8H15N3/c1-9-8(11(2)3)7-5-4-6-10-7/h4-6,8-10H,1-3H3. The molecule has 3 nitrogen and oxygen atoms in total. The number of aromatic amines is 1. The number of aromatic nitrogens is 1. The molecule has 0 radical (unpaired) electrons. The van der Waals surface area contributed by atoms with Crippen molar-refractivity contribution in [1.82, 2.24) is 15.2 Å². The van der Waals surface area contributed by atoms with Gasteiger partial charge in [0, 0.05) is 11.9 Å². The zero-order valence-electron chi connectivity index (χ0n) is 7.26. The van der Waals surface area contributed by atoms with E-state index < -0.39 is 0 Å². The van der Waals surface area contributed by atoms with Gasteiger partial charge in [-0.05, 0) is 33.3 Å². The molecule has 2 N–H and O–H groups in total. The second kappa shape index (κ2) is 3.55. The van der Waals surface area contributed by atoms with E-state index in [0.29, 0.717) is 0 Å². The van der Waals surface area contributed by atoms with Crippen molar-refractivity contribution in [3.63, 3.8) is 0 Å². The number of hydrogen-bond acceptors (Lipinski definition) is 2. The van der Waals surface area contributed by atoms with Crippen LogP contribution in [0.25, 0.3) is 0 Å². The second-order valence-electron chi connectivity index (χ2n) is 2.78. The Morgan fingerprint density at radius 3 is 2.64 bits per heavy atom. The van der Waals surface area contributed by atoms with Crippen molar-refractivity contribution in [2.75, 3.05) is 21.1 Å². The Labute approximate surface area is 67.4 Å². The zero-order chi connectivity index (χ0) is 8.27. The molecule has 62 valence electrons. The van der Waals surface area contributed by atoms with Crippen molar-refractivity contribution in [2.45, 2.75) is 6.17 Å². The topological polar surface area (TPSA) is 31.1 Å². The maximum Gasteiger partial charge on any atom is 0.101 e.